The summed E-state index contributed by atoms with van der Waals surface area (Å²) in [4.78, 5) is 35.6. The van der Waals surface area contributed by atoms with Crippen LogP contribution in [0.4, 0.5) is 19.0 Å². The highest BCUT2D eigenvalue weighted by Gasteiger charge is 2.30. The highest BCUT2D eigenvalue weighted by molar-refractivity contribution is 6.01. The van der Waals surface area contributed by atoms with Crippen LogP contribution in [-0.4, -0.2) is 40.8 Å². The monoisotopic (exact) mass is 496 g/mol. The SMILES string of the molecule is CCC(=O)NC1CCN(c2cnc(-c3ccc(C(F)(F)F)cc3)c(-c3ccccc3C(C)=O)n2)CC1. The number of hydrogen-bond donors (Lipinski definition) is 1. The third-order valence-corrected chi connectivity index (χ3v) is 6.31. The van der Waals surface area contributed by atoms with Gasteiger partial charge < -0.3 is 10.2 Å². The zero-order valence-corrected chi connectivity index (χ0v) is 20.1. The number of piperidine rings is 1. The van der Waals surface area contributed by atoms with Crippen LogP contribution in [0, 0.1) is 0 Å². The van der Waals surface area contributed by atoms with Gasteiger partial charge in [0.15, 0.2) is 5.78 Å². The third kappa shape index (κ3) is 5.56. The molecule has 1 saturated heterocycles. The number of anilines is 1. The van der Waals surface area contributed by atoms with Crippen LogP contribution in [0.15, 0.2) is 54.7 Å². The third-order valence-electron chi connectivity index (χ3n) is 6.31. The standard InChI is InChI=1S/C27H27F3N4O2/c1-3-24(36)32-20-12-14-34(15-13-20)23-16-31-25(18-8-10-19(11-9-18)27(28,29)30)26(33-23)22-7-5-4-6-21(22)17(2)35/h4-11,16,20H,3,12-15H2,1-2H3,(H,32,36). The normalized spacial score (nSPS) is 14.5. The Bertz CT molecular complexity index is 1250. The summed E-state index contributed by atoms with van der Waals surface area (Å²) in [5.74, 6) is 0.486. The zero-order chi connectivity index (χ0) is 25.9. The molecule has 1 N–H and O–H groups in total. The number of rotatable bonds is 6. The number of Topliss-reactive ketones (excluding diaryl/α,β-unsaturated/α-hetero) is 1. The van der Waals surface area contributed by atoms with Crippen molar-refractivity contribution >= 4 is 17.5 Å². The quantitative estimate of drug-likeness (QED) is 0.455. The molecule has 3 aromatic rings. The van der Waals surface area contributed by atoms with Gasteiger partial charge in [0, 0.05) is 42.2 Å². The molecule has 188 valence electrons. The number of carbonyl (C=O) groups is 2. The molecule has 1 fully saturated rings. The van der Waals surface area contributed by atoms with Gasteiger partial charge in [-0.2, -0.15) is 13.2 Å². The summed E-state index contributed by atoms with van der Waals surface area (Å²) in [6, 6.07) is 11.9. The minimum atomic E-state index is -4.44. The lowest BCUT2D eigenvalue weighted by atomic mass is 9.97. The number of ketones is 1. The summed E-state index contributed by atoms with van der Waals surface area (Å²) < 4.78 is 39.3. The van der Waals surface area contributed by atoms with Gasteiger partial charge in [0.2, 0.25) is 5.91 Å². The van der Waals surface area contributed by atoms with E-state index in [0.29, 0.717) is 53.4 Å². The highest BCUT2D eigenvalue weighted by Crippen LogP contribution is 2.35. The van der Waals surface area contributed by atoms with Gasteiger partial charge in [0.25, 0.3) is 0 Å². The molecule has 36 heavy (non-hydrogen) atoms. The molecule has 0 unspecified atom stereocenters. The molecule has 0 aliphatic carbocycles. The number of aromatic nitrogens is 2. The Labute approximate surface area is 207 Å². The lowest BCUT2D eigenvalue weighted by Gasteiger charge is -2.33. The van der Waals surface area contributed by atoms with E-state index in [1.807, 2.05) is 6.92 Å². The van der Waals surface area contributed by atoms with Crippen LogP contribution in [0.25, 0.3) is 22.5 Å². The fourth-order valence-corrected chi connectivity index (χ4v) is 4.33. The van der Waals surface area contributed by atoms with E-state index in [-0.39, 0.29) is 17.7 Å². The summed E-state index contributed by atoms with van der Waals surface area (Å²) >= 11 is 0. The van der Waals surface area contributed by atoms with Gasteiger partial charge in [0.1, 0.15) is 5.82 Å². The maximum absolute atomic E-state index is 13.1. The van der Waals surface area contributed by atoms with Crippen molar-refractivity contribution in [2.24, 2.45) is 0 Å². The molecular formula is C27H27F3N4O2. The van der Waals surface area contributed by atoms with Crippen molar-refractivity contribution in [3.63, 3.8) is 0 Å². The van der Waals surface area contributed by atoms with Crippen LogP contribution in [0.1, 0.15) is 49.0 Å². The summed E-state index contributed by atoms with van der Waals surface area (Å²) in [7, 11) is 0. The van der Waals surface area contributed by atoms with Crippen LogP contribution in [0.3, 0.4) is 0 Å². The molecule has 0 saturated carbocycles. The first-order chi connectivity index (χ1) is 17.2. The fourth-order valence-electron chi connectivity index (χ4n) is 4.33. The molecule has 9 heteroatoms. The molecule has 1 aromatic heterocycles. The van der Waals surface area contributed by atoms with Crippen LogP contribution in [0.2, 0.25) is 0 Å². The Balaban J connectivity index is 1.72. The van der Waals surface area contributed by atoms with E-state index in [0.717, 1.165) is 25.0 Å². The van der Waals surface area contributed by atoms with Crippen LogP contribution in [-0.2, 0) is 11.0 Å². The van der Waals surface area contributed by atoms with Crippen molar-refractivity contribution in [3.8, 4) is 22.5 Å². The Morgan fingerprint density at radius 2 is 1.69 bits per heavy atom. The van der Waals surface area contributed by atoms with E-state index in [2.05, 4.69) is 15.2 Å². The van der Waals surface area contributed by atoms with Crippen molar-refractivity contribution < 1.29 is 22.8 Å². The first-order valence-corrected chi connectivity index (χ1v) is 11.9. The Morgan fingerprint density at radius 3 is 2.31 bits per heavy atom. The van der Waals surface area contributed by atoms with Crippen molar-refractivity contribution in [2.45, 2.75) is 45.3 Å². The van der Waals surface area contributed by atoms with E-state index in [1.165, 1.54) is 19.1 Å². The van der Waals surface area contributed by atoms with Crippen LogP contribution >= 0.6 is 0 Å². The van der Waals surface area contributed by atoms with Crippen molar-refractivity contribution in [2.75, 3.05) is 18.0 Å². The van der Waals surface area contributed by atoms with Gasteiger partial charge in [-0.25, -0.2) is 4.98 Å². The number of carbonyl (C=O) groups excluding carboxylic acids is 2. The largest absolute Gasteiger partial charge is 0.416 e. The van der Waals surface area contributed by atoms with Crippen molar-refractivity contribution in [1.29, 1.82) is 0 Å². The Hall–Kier alpha value is -3.75. The first-order valence-electron chi connectivity index (χ1n) is 11.9. The smallest absolute Gasteiger partial charge is 0.355 e. The first kappa shape index (κ1) is 25.3. The van der Waals surface area contributed by atoms with Gasteiger partial charge >= 0.3 is 6.18 Å². The van der Waals surface area contributed by atoms with E-state index in [1.54, 1.807) is 30.5 Å². The lowest BCUT2D eigenvalue weighted by Crippen LogP contribution is -2.44. The number of nitrogens with one attached hydrogen (secondary N) is 1. The number of nitrogens with zero attached hydrogens (tertiary/aromatic N) is 3. The molecule has 2 heterocycles. The summed E-state index contributed by atoms with van der Waals surface area (Å²) in [5.41, 5.74) is 1.57. The van der Waals surface area contributed by atoms with E-state index in [9.17, 15) is 22.8 Å². The van der Waals surface area contributed by atoms with Crippen molar-refractivity contribution in [3.05, 3.63) is 65.9 Å². The molecule has 1 aliphatic heterocycles. The van der Waals surface area contributed by atoms with E-state index in [4.69, 9.17) is 4.98 Å². The highest BCUT2D eigenvalue weighted by atomic mass is 19.4. The number of alkyl halides is 3. The second-order valence-electron chi connectivity index (χ2n) is 8.78. The summed E-state index contributed by atoms with van der Waals surface area (Å²) in [5, 5.41) is 3.02. The van der Waals surface area contributed by atoms with Gasteiger partial charge in [0.05, 0.1) is 23.1 Å². The predicted molar refractivity (Wildman–Crippen MR) is 132 cm³/mol. The predicted octanol–water partition coefficient (Wildman–Crippen LogP) is 5.53. The van der Waals surface area contributed by atoms with Crippen LogP contribution < -0.4 is 10.2 Å². The molecule has 2 aromatic carbocycles. The summed E-state index contributed by atoms with van der Waals surface area (Å²) in [6.45, 7) is 4.61. The second-order valence-corrected chi connectivity index (χ2v) is 8.78. The molecule has 6 nitrogen and oxygen atoms in total. The van der Waals surface area contributed by atoms with Gasteiger partial charge in [-0.05, 0) is 31.9 Å². The maximum Gasteiger partial charge on any atom is 0.416 e. The topological polar surface area (TPSA) is 75.2 Å². The molecule has 0 radical (unpaired) electrons. The molecule has 0 spiro atoms. The maximum atomic E-state index is 13.1. The Kier molecular flexibility index (Phi) is 7.37. The number of benzene rings is 2. The van der Waals surface area contributed by atoms with Gasteiger partial charge in [-0.3, -0.25) is 14.6 Å². The van der Waals surface area contributed by atoms with Gasteiger partial charge in [-0.15, -0.1) is 0 Å². The lowest BCUT2D eigenvalue weighted by molar-refractivity contribution is -0.137. The molecule has 1 amide bonds. The number of hydrogen-bond acceptors (Lipinski definition) is 5. The molecule has 0 bridgehead atoms. The van der Waals surface area contributed by atoms with E-state index >= 15 is 0 Å². The fraction of sp³-hybridized carbons (Fsp3) is 0.333. The number of halogens is 3. The van der Waals surface area contributed by atoms with Gasteiger partial charge in [-0.1, -0.05) is 43.3 Å². The summed E-state index contributed by atoms with van der Waals surface area (Å²) in [6.07, 6.45) is -0.879. The Morgan fingerprint density at radius 1 is 1.03 bits per heavy atom. The van der Waals surface area contributed by atoms with Crippen molar-refractivity contribution in [1.82, 2.24) is 15.3 Å². The van der Waals surface area contributed by atoms with E-state index < -0.39 is 11.7 Å². The molecule has 0 atom stereocenters. The molecule has 4 rings (SSSR count). The number of amides is 1. The zero-order valence-electron chi connectivity index (χ0n) is 20.1. The van der Waals surface area contributed by atoms with Crippen LogP contribution in [0.5, 0.6) is 0 Å². The molecular weight excluding hydrogens is 469 g/mol. The minimum absolute atomic E-state index is 0.0252. The minimum Gasteiger partial charge on any atom is -0.355 e. The second kappa shape index (κ2) is 10.5. The average molecular weight is 497 g/mol. The average Bonchev–Trinajstić information content (AvgIpc) is 2.88. The molecule has 1 aliphatic rings.